The number of benzene rings is 3. The van der Waals surface area contributed by atoms with Crippen molar-refractivity contribution in [1.29, 1.82) is 0 Å². The number of fused-ring (bicyclic) bond motifs is 1. The Morgan fingerprint density at radius 2 is 1.77 bits per heavy atom. The van der Waals surface area contributed by atoms with Crippen molar-refractivity contribution in [2.75, 3.05) is 0 Å². The molecule has 7 nitrogen and oxygen atoms in total. The molecule has 1 N–H and O–H groups in total. The first-order valence-electron chi connectivity index (χ1n) is 11.0. The number of hydrogen-bond donors (Lipinski definition) is 1. The van der Waals surface area contributed by atoms with Gasteiger partial charge in [0, 0.05) is 28.4 Å². The summed E-state index contributed by atoms with van der Waals surface area (Å²) in [6.07, 6.45) is 1.98. The number of halogens is 1. The van der Waals surface area contributed by atoms with E-state index in [1.807, 2.05) is 48.7 Å². The number of aryl methyl sites for hydroxylation is 1. The van der Waals surface area contributed by atoms with Crippen molar-refractivity contribution in [3.8, 4) is 28.5 Å². The summed E-state index contributed by atoms with van der Waals surface area (Å²) in [6.45, 7) is 2.07. The highest BCUT2D eigenvalue weighted by molar-refractivity contribution is 7.98. The first-order valence-corrected chi connectivity index (χ1v) is 12.3. The fourth-order valence-corrected chi connectivity index (χ4v) is 4.98. The summed E-state index contributed by atoms with van der Waals surface area (Å²) in [7, 11) is 0. The highest BCUT2D eigenvalue weighted by Crippen LogP contribution is 2.34. The number of aromatic nitrogens is 6. The summed E-state index contributed by atoms with van der Waals surface area (Å²) in [5, 5.41) is 19.9. The summed E-state index contributed by atoms with van der Waals surface area (Å²) >= 11 is 7.77. The SMILES string of the molecule is Cc1cccc(-n2c(SCc3nnc(-c4ccccc4Cl)o3)nnc2-c2c[nH]c3ccccc23)c1. The third-order valence-electron chi connectivity index (χ3n) is 5.62. The lowest BCUT2D eigenvalue weighted by atomic mass is 10.1. The zero-order valence-electron chi connectivity index (χ0n) is 18.6. The summed E-state index contributed by atoms with van der Waals surface area (Å²) in [4.78, 5) is 3.33. The van der Waals surface area contributed by atoms with Crippen LogP contribution in [0.15, 0.2) is 88.6 Å². The number of H-pyrrole nitrogens is 1. The van der Waals surface area contributed by atoms with Gasteiger partial charge in [0.1, 0.15) is 0 Å². The molecule has 0 aliphatic carbocycles. The lowest BCUT2D eigenvalue weighted by Crippen LogP contribution is -2.00. The quantitative estimate of drug-likeness (QED) is 0.256. The predicted octanol–water partition coefficient (Wildman–Crippen LogP) is 6.72. The van der Waals surface area contributed by atoms with E-state index in [1.54, 1.807) is 6.07 Å². The van der Waals surface area contributed by atoms with Crippen LogP contribution in [-0.2, 0) is 5.75 Å². The minimum Gasteiger partial charge on any atom is -0.420 e. The molecule has 0 saturated carbocycles. The summed E-state index contributed by atoms with van der Waals surface area (Å²) in [6, 6.07) is 23.8. The lowest BCUT2D eigenvalue weighted by Gasteiger charge is -2.10. The summed E-state index contributed by atoms with van der Waals surface area (Å²) in [5.41, 5.74) is 4.88. The van der Waals surface area contributed by atoms with Gasteiger partial charge in [0.05, 0.1) is 16.3 Å². The van der Waals surface area contributed by atoms with Crippen LogP contribution >= 0.6 is 23.4 Å². The van der Waals surface area contributed by atoms with Gasteiger partial charge in [0.15, 0.2) is 11.0 Å². The number of nitrogens with zero attached hydrogens (tertiary/aromatic N) is 5. The van der Waals surface area contributed by atoms with Gasteiger partial charge in [0.25, 0.3) is 0 Å². The molecule has 0 radical (unpaired) electrons. The van der Waals surface area contributed by atoms with Crippen LogP contribution in [0, 0.1) is 6.92 Å². The van der Waals surface area contributed by atoms with Crippen LogP contribution in [0.3, 0.4) is 0 Å². The van der Waals surface area contributed by atoms with E-state index in [0.29, 0.717) is 28.1 Å². The summed E-state index contributed by atoms with van der Waals surface area (Å²) in [5.74, 6) is 2.08. The van der Waals surface area contributed by atoms with E-state index in [2.05, 4.69) is 61.1 Å². The molecular formula is C26H19ClN6OS. The molecule has 6 aromatic rings. The number of nitrogens with one attached hydrogen (secondary N) is 1. The average molecular weight is 499 g/mol. The predicted molar refractivity (Wildman–Crippen MR) is 138 cm³/mol. The Labute approximate surface area is 210 Å². The smallest absolute Gasteiger partial charge is 0.249 e. The van der Waals surface area contributed by atoms with E-state index in [1.165, 1.54) is 11.8 Å². The molecule has 0 aliphatic heterocycles. The monoisotopic (exact) mass is 498 g/mol. The maximum atomic E-state index is 6.28. The first kappa shape index (κ1) is 21.6. The van der Waals surface area contributed by atoms with Crippen molar-refractivity contribution in [1.82, 2.24) is 29.9 Å². The minimum absolute atomic E-state index is 0.394. The molecule has 3 aromatic heterocycles. The Hall–Kier alpha value is -3.88. The molecule has 35 heavy (non-hydrogen) atoms. The average Bonchev–Trinajstić information content (AvgIpc) is 3.61. The van der Waals surface area contributed by atoms with Crippen molar-refractivity contribution < 1.29 is 4.42 Å². The molecular weight excluding hydrogens is 480 g/mol. The normalized spacial score (nSPS) is 11.4. The van der Waals surface area contributed by atoms with Gasteiger partial charge in [-0.15, -0.1) is 20.4 Å². The van der Waals surface area contributed by atoms with E-state index < -0.39 is 0 Å². The van der Waals surface area contributed by atoms with Crippen LogP contribution < -0.4 is 0 Å². The number of hydrogen-bond acceptors (Lipinski definition) is 6. The fraction of sp³-hybridized carbons (Fsp3) is 0.0769. The van der Waals surface area contributed by atoms with Crippen LogP contribution in [0.1, 0.15) is 11.5 Å². The summed E-state index contributed by atoms with van der Waals surface area (Å²) < 4.78 is 7.95. The number of aromatic amines is 1. The number of para-hydroxylation sites is 1. The molecule has 9 heteroatoms. The molecule has 6 rings (SSSR count). The molecule has 0 bridgehead atoms. The van der Waals surface area contributed by atoms with Gasteiger partial charge < -0.3 is 9.40 Å². The highest BCUT2D eigenvalue weighted by Gasteiger charge is 2.20. The zero-order chi connectivity index (χ0) is 23.8. The van der Waals surface area contributed by atoms with Crippen LogP contribution in [0.5, 0.6) is 0 Å². The Bertz CT molecular complexity index is 1650. The molecule has 0 atom stereocenters. The third kappa shape index (κ3) is 4.11. The standard InChI is InChI=1S/C26H19ClN6OS/c1-16-7-6-8-17(13-16)33-24(20-14-28-22-12-5-3-9-18(20)22)30-32-26(33)35-15-23-29-31-25(34-23)19-10-2-4-11-21(19)27/h2-14,28H,15H2,1H3. The molecule has 3 heterocycles. The Morgan fingerprint density at radius 3 is 2.66 bits per heavy atom. The van der Waals surface area contributed by atoms with Gasteiger partial charge in [-0.2, -0.15) is 0 Å². The van der Waals surface area contributed by atoms with Crippen LogP contribution in [0.25, 0.3) is 39.4 Å². The molecule has 0 aliphatic rings. The first-order chi connectivity index (χ1) is 17.2. The molecule has 0 amide bonds. The molecule has 172 valence electrons. The van der Waals surface area contributed by atoms with Crippen LogP contribution in [0.4, 0.5) is 0 Å². The molecule has 0 unspecified atom stereocenters. The van der Waals surface area contributed by atoms with Crippen LogP contribution in [0.2, 0.25) is 5.02 Å². The largest absolute Gasteiger partial charge is 0.420 e. The van der Waals surface area contributed by atoms with E-state index in [4.69, 9.17) is 16.0 Å². The van der Waals surface area contributed by atoms with Crippen molar-refractivity contribution in [3.63, 3.8) is 0 Å². The highest BCUT2D eigenvalue weighted by atomic mass is 35.5. The lowest BCUT2D eigenvalue weighted by molar-refractivity contribution is 0.528. The van der Waals surface area contributed by atoms with E-state index in [-0.39, 0.29) is 0 Å². The van der Waals surface area contributed by atoms with Gasteiger partial charge in [0.2, 0.25) is 11.8 Å². The Balaban J connectivity index is 1.36. The number of thioether (sulfide) groups is 1. The van der Waals surface area contributed by atoms with Gasteiger partial charge in [-0.3, -0.25) is 4.57 Å². The molecule has 0 saturated heterocycles. The van der Waals surface area contributed by atoms with Gasteiger partial charge in [-0.1, -0.05) is 65.8 Å². The van der Waals surface area contributed by atoms with Crippen LogP contribution in [-0.4, -0.2) is 29.9 Å². The number of rotatable bonds is 6. The second-order valence-corrected chi connectivity index (χ2v) is 9.35. The molecule has 0 fully saturated rings. The fourth-order valence-electron chi connectivity index (χ4n) is 3.98. The second-order valence-electron chi connectivity index (χ2n) is 8.00. The molecule has 0 spiro atoms. The van der Waals surface area contributed by atoms with E-state index in [0.717, 1.165) is 38.7 Å². The Kier molecular flexibility index (Phi) is 5.60. The minimum atomic E-state index is 0.394. The van der Waals surface area contributed by atoms with Gasteiger partial charge in [-0.05, 0) is 42.8 Å². The molecule has 3 aromatic carbocycles. The van der Waals surface area contributed by atoms with Crippen molar-refractivity contribution >= 4 is 34.3 Å². The van der Waals surface area contributed by atoms with Crippen molar-refractivity contribution in [3.05, 3.63) is 95.5 Å². The third-order valence-corrected chi connectivity index (χ3v) is 6.86. The Morgan fingerprint density at radius 1 is 0.914 bits per heavy atom. The topological polar surface area (TPSA) is 85.4 Å². The zero-order valence-corrected chi connectivity index (χ0v) is 20.2. The van der Waals surface area contributed by atoms with Crippen molar-refractivity contribution in [2.24, 2.45) is 0 Å². The van der Waals surface area contributed by atoms with E-state index in [9.17, 15) is 0 Å². The second kappa shape index (κ2) is 9.05. The van der Waals surface area contributed by atoms with E-state index >= 15 is 0 Å². The van der Waals surface area contributed by atoms with Gasteiger partial charge >= 0.3 is 0 Å². The maximum absolute atomic E-state index is 6.28. The maximum Gasteiger partial charge on any atom is 0.249 e. The van der Waals surface area contributed by atoms with Crippen molar-refractivity contribution in [2.45, 2.75) is 17.8 Å². The van der Waals surface area contributed by atoms with Gasteiger partial charge in [-0.25, -0.2) is 0 Å².